The van der Waals surface area contributed by atoms with Crippen molar-refractivity contribution in [2.75, 3.05) is 6.54 Å². The van der Waals surface area contributed by atoms with Crippen LogP contribution in [0.5, 0.6) is 0 Å². The van der Waals surface area contributed by atoms with Crippen molar-refractivity contribution >= 4 is 11.8 Å². The second-order valence-electron chi connectivity index (χ2n) is 7.45. The Kier molecular flexibility index (Phi) is 5.62. The van der Waals surface area contributed by atoms with Crippen molar-refractivity contribution in [1.82, 2.24) is 25.6 Å². The second-order valence-corrected chi connectivity index (χ2v) is 7.45. The number of hydrogen-bond acceptors (Lipinski definition) is 6. The summed E-state index contributed by atoms with van der Waals surface area (Å²) in [4.78, 5) is 26.8. The molecule has 4 rings (SSSR count). The van der Waals surface area contributed by atoms with Crippen molar-refractivity contribution in [2.24, 2.45) is 0 Å². The van der Waals surface area contributed by atoms with Crippen molar-refractivity contribution in [1.29, 1.82) is 0 Å². The number of nitrogens with one attached hydrogen (secondary N) is 2. The molecule has 0 unspecified atom stereocenters. The van der Waals surface area contributed by atoms with Gasteiger partial charge in [0.1, 0.15) is 11.8 Å². The summed E-state index contributed by atoms with van der Waals surface area (Å²) in [6, 6.07) is 10.6. The molecule has 2 aromatic heterocycles. The van der Waals surface area contributed by atoms with E-state index >= 15 is 0 Å². The molecule has 0 saturated carbocycles. The molecule has 2 atom stereocenters. The van der Waals surface area contributed by atoms with Crippen molar-refractivity contribution in [3.8, 4) is 11.3 Å². The predicted octanol–water partition coefficient (Wildman–Crippen LogP) is 1.19. The average Bonchev–Trinajstić information content (AvgIpc) is 3.48. The summed E-state index contributed by atoms with van der Waals surface area (Å²) in [6.07, 6.45) is 1.18. The predicted molar refractivity (Wildman–Crippen MR) is 107 cm³/mol. The molecule has 3 heterocycles. The van der Waals surface area contributed by atoms with Gasteiger partial charge in [0.2, 0.25) is 11.8 Å². The third kappa shape index (κ3) is 4.41. The standard InChI is InChI=1S/C21H23N5O4/c1-13-8-17(30-25-13)10-20(28)26-12-16(27)9-19(26)21(29)22-11-14-2-4-15(5-3-14)18-6-7-23-24-18/h2-8,16,19,27H,9-12H2,1H3,(H,22,29)(H,23,24)/t16-,19+/m1/s1. The molecule has 0 spiro atoms. The lowest BCUT2D eigenvalue weighted by atomic mass is 10.1. The number of β-amino-alcohol motifs (C(OH)–C–C–N with tert-alkyl or cyclic N) is 1. The van der Waals surface area contributed by atoms with Crippen molar-refractivity contribution in [3.05, 3.63) is 59.6 Å². The number of aliphatic hydroxyl groups is 1. The molecule has 0 aliphatic carbocycles. The molecule has 0 bridgehead atoms. The van der Waals surface area contributed by atoms with Gasteiger partial charge in [-0.1, -0.05) is 29.4 Å². The fraction of sp³-hybridized carbons (Fsp3) is 0.333. The van der Waals surface area contributed by atoms with Gasteiger partial charge in [0.15, 0.2) is 0 Å². The number of hydrogen-bond donors (Lipinski definition) is 3. The molecule has 9 nitrogen and oxygen atoms in total. The minimum atomic E-state index is -0.727. The Morgan fingerprint density at radius 2 is 2.10 bits per heavy atom. The smallest absolute Gasteiger partial charge is 0.243 e. The molecule has 1 saturated heterocycles. The zero-order valence-electron chi connectivity index (χ0n) is 16.5. The number of aliphatic hydroxyl groups excluding tert-OH is 1. The van der Waals surface area contributed by atoms with Gasteiger partial charge in [-0.15, -0.1) is 0 Å². The maximum atomic E-state index is 12.7. The Morgan fingerprint density at radius 3 is 2.77 bits per heavy atom. The number of aryl methyl sites for hydroxylation is 1. The Morgan fingerprint density at radius 1 is 1.30 bits per heavy atom. The molecule has 2 amide bonds. The molecule has 3 N–H and O–H groups in total. The number of H-pyrrole nitrogens is 1. The Hall–Kier alpha value is -3.46. The highest BCUT2D eigenvalue weighted by atomic mass is 16.5. The zero-order valence-corrected chi connectivity index (χ0v) is 16.5. The molecule has 1 aliphatic rings. The Balaban J connectivity index is 1.36. The highest BCUT2D eigenvalue weighted by Gasteiger charge is 2.38. The van der Waals surface area contributed by atoms with E-state index in [0.717, 1.165) is 16.8 Å². The first kappa shape index (κ1) is 19.8. The number of aromatic nitrogens is 3. The van der Waals surface area contributed by atoms with Crippen LogP contribution in [0, 0.1) is 6.92 Å². The lowest BCUT2D eigenvalue weighted by Gasteiger charge is -2.23. The summed E-state index contributed by atoms with van der Waals surface area (Å²) in [7, 11) is 0. The van der Waals surface area contributed by atoms with Crippen LogP contribution in [-0.4, -0.2) is 55.9 Å². The molecule has 30 heavy (non-hydrogen) atoms. The fourth-order valence-electron chi connectivity index (χ4n) is 3.61. The van der Waals surface area contributed by atoms with Crippen LogP contribution < -0.4 is 5.32 Å². The van der Waals surface area contributed by atoms with Crippen LogP contribution in [0.2, 0.25) is 0 Å². The normalized spacial score (nSPS) is 18.5. The number of rotatable bonds is 6. The highest BCUT2D eigenvalue weighted by Crippen LogP contribution is 2.21. The summed E-state index contributed by atoms with van der Waals surface area (Å²) in [5.74, 6) is -0.117. The zero-order chi connectivity index (χ0) is 21.1. The molecule has 1 aliphatic heterocycles. The van der Waals surface area contributed by atoms with Gasteiger partial charge in [-0.2, -0.15) is 5.10 Å². The lowest BCUT2D eigenvalue weighted by molar-refractivity contribution is -0.138. The van der Waals surface area contributed by atoms with Gasteiger partial charge >= 0.3 is 0 Å². The first-order valence-corrected chi connectivity index (χ1v) is 9.75. The van der Waals surface area contributed by atoms with Crippen molar-refractivity contribution in [2.45, 2.75) is 38.5 Å². The van der Waals surface area contributed by atoms with Gasteiger partial charge in [-0.25, -0.2) is 0 Å². The van der Waals surface area contributed by atoms with E-state index in [0.29, 0.717) is 18.0 Å². The maximum Gasteiger partial charge on any atom is 0.243 e. The topological polar surface area (TPSA) is 124 Å². The SMILES string of the molecule is Cc1cc(CC(=O)N2C[C@H](O)C[C@H]2C(=O)NCc2ccc(-c3ccn[nH]3)cc2)on1. The molecule has 0 radical (unpaired) electrons. The van der Waals surface area contributed by atoms with Crippen LogP contribution >= 0.6 is 0 Å². The Bertz CT molecular complexity index is 1010. The van der Waals surface area contributed by atoms with Crippen LogP contribution in [0.4, 0.5) is 0 Å². The second kappa shape index (κ2) is 8.50. The molecule has 9 heteroatoms. The van der Waals surface area contributed by atoms with Crippen molar-refractivity contribution < 1.29 is 19.2 Å². The summed E-state index contributed by atoms with van der Waals surface area (Å²) < 4.78 is 5.09. The molecule has 1 aromatic carbocycles. The van der Waals surface area contributed by atoms with Gasteiger partial charge in [0, 0.05) is 31.8 Å². The van der Waals surface area contributed by atoms with Crippen LogP contribution in [0.25, 0.3) is 11.3 Å². The van der Waals surface area contributed by atoms with Gasteiger partial charge in [0.05, 0.1) is 23.9 Å². The number of carbonyl (C=O) groups is 2. The molecule has 1 fully saturated rings. The summed E-state index contributed by atoms with van der Waals surface area (Å²) >= 11 is 0. The molecule has 3 aromatic rings. The van der Waals surface area contributed by atoms with E-state index in [9.17, 15) is 14.7 Å². The van der Waals surface area contributed by atoms with E-state index in [-0.39, 0.29) is 31.2 Å². The summed E-state index contributed by atoms with van der Waals surface area (Å²) in [5, 5.41) is 23.5. The minimum Gasteiger partial charge on any atom is -0.391 e. The number of amides is 2. The number of likely N-dealkylation sites (tertiary alicyclic amines) is 1. The first-order chi connectivity index (χ1) is 14.5. The third-order valence-corrected chi connectivity index (χ3v) is 5.14. The largest absolute Gasteiger partial charge is 0.391 e. The summed E-state index contributed by atoms with van der Waals surface area (Å²) in [6.45, 7) is 2.23. The molecular weight excluding hydrogens is 386 g/mol. The Labute approximate surface area is 173 Å². The van der Waals surface area contributed by atoms with E-state index in [1.54, 1.807) is 19.2 Å². The third-order valence-electron chi connectivity index (χ3n) is 5.14. The number of aromatic amines is 1. The average molecular weight is 409 g/mol. The van der Waals surface area contributed by atoms with Gasteiger partial charge in [-0.05, 0) is 24.1 Å². The van der Waals surface area contributed by atoms with Crippen LogP contribution in [-0.2, 0) is 22.6 Å². The van der Waals surface area contributed by atoms with E-state index in [4.69, 9.17) is 4.52 Å². The maximum absolute atomic E-state index is 12.7. The minimum absolute atomic E-state index is 0.00635. The van der Waals surface area contributed by atoms with Crippen LogP contribution in [0.3, 0.4) is 0 Å². The number of carbonyl (C=O) groups excluding carboxylic acids is 2. The van der Waals surface area contributed by atoms with Gasteiger partial charge in [-0.3, -0.25) is 14.7 Å². The first-order valence-electron chi connectivity index (χ1n) is 9.75. The molecule has 156 valence electrons. The summed E-state index contributed by atoms with van der Waals surface area (Å²) in [5.41, 5.74) is 3.54. The van der Waals surface area contributed by atoms with Gasteiger partial charge in [0.25, 0.3) is 0 Å². The van der Waals surface area contributed by atoms with E-state index in [2.05, 4.69) is 20.7 Å². The van der Waals surface area contributed by atoms with Crippen molar-refractivity contribution in [3.63, 3.8) is 0 Å². The number of nitrogens with zero attached hydrogens (tertiary/aromatic N) is 3. The fourth-order valence-corrected chi connectivity index (χ4v) is 3.61. The van der Waals surface area contributed by atoms with Crippen LogP contribution in [0.15, 0.2) is 47.1 Å². The highest BCUT2D eigenvalue weighted by molar-refractivity contribution is 5.89. The van der Waals surface area contributed by atoms with E-state index < -0.39 is 12.1 Å². The lowest BCUT2D eigenvalue weighted by Crippen LogP contribution is -2.46. The van der Waals surface area contributed by atoms with Gasteiger partial charge < -0.3 is 19.8 Å². The quantitative estimate of drug-likeness (QED) is 0.562. The van der Waals surface area contributed by atoms with Crippen LogP contribution in [0.1, 0.15) is 23.4 Å². The van der Waals surface area contributed by atoms with E-state index in [1.807, 2.05) is 30.3 Å². The number of benzene rings is 1. The van der Waals surface area contributed by atoms with E-state index in [1.165, 1.54) is 4.90 Å². The molecular formula is C21H23N5O4. The monoisotopic (exact) mass is 409 g/mol.